The van der Waals surface area contributed by atoms with E-state index in [1.54, 1.807) is 13.2 Å². The SMILES string of the molecule is CCOc1ccccc1CNC(=O)[C@H](CC)Oc1cccc(OC)c1. The third-order valence-electron chi connectivity index (χ3n) is 3.71. The first-order valence-electron chi connectivity index (χ1n) is 8.47. The van der Waals surface area contributed by atoms with Gasteiger partial charge >= 0.3 is 0 Å². The zero-order valence-electron chi connectivity index (χ0n) is 15.0. The second-order valence-corrected chi connectivity index (χ2v) is 5.45. The fourth-order valence-electron chi connectivity index (χ4n) is 2.40. The van der Waals surface area contributed by atoms with Gasteiger partial charge in [0.2, 0.25) is 0 Å². The van der Waals surface area contributed by atoms with Gasteiger partial charge in [-0.25, -0.2) is 0 Å². The minimum absolute atomic E-state index is 0.156. The van der Waals surface area contributed by atoms with Gasteiger partial charge in [0, 0.05) is 18.2 Å². The summed E-state index contributed by atoms with van der Waals surface area (Å²) in [5, 5.41) is 2.92. The number of rotatable bonds is 9. The Balaban J connectivity index is 1.98. The summed E-state index contributed by atoms with van der Waals surface area (Å²) in [6, 6.07) is 14.9. The predicted octanol–water partition coefficient (Wildman–Crippen LogP) is 3.57. The third kappa shape index (κ3) is 5.41. The molecule has 0 bridgehead atoms. The van der Waals surface area contributed by atoms with Crippen LogP contribution in [0.5, 0.6) is 17.2 Å². The van der Waals surface area contributed by atoms with Gasteiger partial charge in [-0.1, -0.05) is 31.2 Å². The van der Waals surface area contributed by atoms with Crippen molar-refractivity contribution in [2.45, 2.75) is 32.9 Å². The average Bonchev–Trinajstić information content (AvgIpc) is 2.65. The Morgan fingerprint density at radius 3 is 2.56 bits per heavy atom. The molecule has 134 valence electrons. The smallest absolute Gasteiger partial charge is 0.261 e. The molecule has 2 aromatic rings. The van der Waals surface area contributed by atoms with Crippen LogP contribution in [0.2, 0.25) is 0 Å². The summed E-state index contributed by atoms with van der Waals surface area (Å²) in [6.07, 6.45) is 0.00207. The maximum Gasteiger partial charge on any atom is 0.261 e. The van der Waals surface area contributed by atoms with E-state index in [9.17, 15) is 4.79 Å². The van der Waals surface area contributed by atoms with Gasteiger partial charge in [0.1, 0.15) is 17.2 Å². The van der Waals surface area contributed by atoms with E-state index >= 15 is 0 Å². The van der Waals surface area contributed by atoms with Crippen molar-refractivity contribution in [3.05, 3.63) is 54.1 Å². The quantitative estimate of drug-likeness (QED) is 0.756. The number of carbonyl (C=O) groups is 1. The van der Waals surface area contributed by atoms with Gasteiger partial charge in [0.15, 0.2) is 6.10 Å². The van der Waals surface area contributed by atoms with Gasteiger partial charge in [-0.3, -0.25) is 4.79 Å². The van der Waals surface area contributed by atoms with Crippen molar-refractivity contribution in [1.82, 2.24) is 5.32 Å². The number of ether oxygens (including phenoxy) is 3. The van der Waals surface area contributed by atoms with Crippen LogP contribution in [0.1, 0.15) is 25.8 Å². The van der Waals surface area contributed by atoms with Crippen LogP contribution in [-0.4, -0.2) is 25.7 Å². The van der Waals surface area contributed by atoms with E-state index in [1.807, 2.05) is 56.3 Å². The number of methoxy groups -OCH3 is 1. The Bertz CT molecular complexity index is 687. The minimum Gasteiger partial charge on any atom is -0.497 e. The van der Waals surface area contributed by atoms with Gasteiger partial charge < -0.3 is 19.5 Å². The summed E-state index contributed by atoms with van der Waals surface area (Å²) in [5.74, 6) is 1.93. The first-order valence-corrected chi connectivity index (χ1v) is 8.47. The Kier molecular flexibility index (Phi) is 7.14. The first kappa shape index (κ1) is 18.6. The van der Waals surface area contributed by atoms with Gasteiger partial charge in [0.25, 0.3) is 5.91 Å². The van der Waals surface area contributed by atoms with E-state index in [-0.39, 0.29) is 5.91 Å². The summed E-state index contributed by atoms with van der Waals surface area (Å²) >= 11 is 0. The molecule has 0 aliphatic carbocycles. The lowest BCUT2D eigenvalue weighted by Crippen LogP contribution is -2.37. The number of nitrogens with one attached hydrogen (secondary N) is 1. The fraction of sp³-hybridized carbons (Fsp3) is 0.350. The normalized spacial score (nSPS) is 11.5. The molecule has 0 aromatic heterocycles. The van der Waals surface area contributed by atoms with Crippen LogP contribution in [0.3, 0.4) is 0 Å². The summed E-state index contributed by atoms with van der Waals surface area (Å²) < 4.78 is 16.6. The van der Waals surface area contributed by atoms with Crippen molar-refractivity contribution in [2.24, 2.45) is 0 Å². The van der Waals surface area contributed by atoms with Crippen LogP contribution in [0.15, 0.2) is 48.5 Å². The van der Waals surface area contributed by atoms with Crippen molar-refractivity contribution in [2.75, 3.05) is 13.7 Å². The maximum atomic E-state index is 12.5. The second kappa shape index (κ2) is 9.57. The molecule has 1 N–H and O–H groups in total. The number of hydrogen-bond donors (Lipinski definition) is 1. The molecule has 0 spiro atoms. The van der Waals surface area contributed by atoms with Crippen LogP contribution in [0, 0.1) is 0 Å². The highest BCUT2D eigenvalue weighted by atomic mass is 16.5. The second-order valence-electron chi connectivity index (χ2n) is 5.45. The summed E-state index contributed by atoms with van der Waals surface area (Å²) in [4.78, 5) is 12.5. The minimum atomic E-state index is -0.564. The molecular formula is C20H25NO4. The monoisotopic (exact) mass is 343 g/mol. The number of para-hydroxylation sites is 1. The van der Waals surface area contributed by atoms with Crippen molar-refractivity contribution in [3.63, 3.8) is 0 Å². The highest BCUT2D eigenvalue weighted by Gasteiger charge is 2.18. The van der Waals surface area contributed by atoms with Crippen molar-refractivity contribution < 1.29 is 19.0 Å². The largest absolute Gasteiger partial charge is 0.497 e. The number of amides is 1. The summed E-state index contributed by atoms with van der Waals surface area (Å²) in [6.45, 7) is 4.83. The Morgan fingerprint density at radius 2 is 1.84 bits per heavy atom. The fourth-order valence-corrected chi connectivity index (χ4v) is 2.40. The molecule has 5 heteroatoms. The van der Waals surface area contributed by atoms with Crippen LogP contribution in [-0.2, 0) is 11.3 Å². The van der Waals surface area contributed by atoms with E-state index in [4.69, 9.17) is 14.2 Å². The number of hydrogen-bond acceptors (Lipinski definition) is 4. The highest BCUT2D eigenvalue weighted by molar-refractivity contribution is 5.81. The van der Waals surface area contributed by atoms with Crippen molar-refractivity contribution in [1.29, 1.82) is 0 Å². The molecule has 25 heavy (non-hydrogen) atoms. The molecule has 0 heterocycles. The highest BCUT2D eigenvalue weighted by Crippen LogP contribution is 2.21. The number of benzene rings is 2. The van der Waals surface area contributed by atoms with Gasteiger partial charge in [-0.2, -0.15) is 0 Å². The maximum absolute atomic E-state index is 12.5. The van der Waals surface area contributed by atoms with Crippen molar-refractivity contribution in [3.8, 4) is 17.2 Å². The lowest BCUT2D eigenvalue weighted by molar-refractivity contribution is -0.128. The molecule has 1 atom stereocenters. The lowest BCUT2D eigenvalue weighted by atomic mass is 10.2. The van der Waals surface area contributed by atoms with E-state index in [0.717, 1.165) is 11.3 Å². The van der Waals surface area contributed by atoms with Crippen LogP contribution < -0.4 is 19.5 Å². The molecule has 0 fully saturated rings. The zero-order valence-corrected chi connectivity index (χ0v) is 15.0. The molecule has 5 nitrogen and oxygen atoms in total. The lowest BCUT2D eigenvalue weighted by Gasteiger charge is -2.18. The van der Waals surface area contributed by atoms with Gasteiger partial charge in [-0.15, -0.1) is 0 Å². The molecule has 2 rings (SSSR count). The topological polar surface area (TPSA) is 56.8 Å². The zero-order chi connectivity index (χ0) is 18.1. The molecule has 0 unspecified atom stereocenters. The Hall–Kier alpha value is -2.69. The molecule has 0 radical (unpaired) electrons. The molecule has 2 aromatic carbocycles. The number of carbonyl (C=O) groups excluding carboxylic acids is 1. The van der Waals surface area contributed by atoms with E-state index < -0.39 is 6.10 Å². The van der Waals surface area contributed by atoms with E-state index in [1.165, 1.54) is 0 Å². The van der Waals surface area contributed by atoms with E-state index in [0.29, 0.717) is 31.1 Å². The summed E-state index contributed by atoms with van der Waals surface area (Å²) in [7, 11) is 1.60. The van der Waals surface area contributed by atoms with Crippen LogP contribution >= 0.6 is 0 Å². The van der Waals surface area contributed by atoms with Crippen molar-refractivity contribution >= 4 is 5.91 Å². The molecular weight excluding hydrogens is 318 g/mol. The summed E-state index contributed by atoms with van der Waals surface area (Å²) in [5.41, 5.74) is 0.939. The molecule has 0 aliphatic heterocycles. The van der Waals surface area contributed by atoms with Gasteiger partial charge in [-0.05, 0) is 31.5 Å². The third-order valence-corrected chi connectivity index (χ3v) is 3.71. The molecule has 0 aliphatic rings. The average molecular weight is 343 g/mol. The van der Waals surface area contributed by atoms with Crippen LogP contribution in [0.25, 0.3) is 0 Å². The van der Waals surface area contributed by atoms with Gasteiger partial charge in [0.05, 0.1) is 13.7 Å². The standard InChI is InChI=1S/C20H25NO4/c1-4-18(25-17-11-8-10-16(13-17)23-3)20(22)21-14-15-9-6-7-12-19(15)24-5-2/h6-13,18H,4-5,14H2,1-3H3,(H,21,22)/t18-/m0/s1. The first-order chi connectivity index (χ1) is 12.2. The molecule has 0 saturated carbocycles. The Morgan fingerprint density at radius 1 is 1.08 bits per heavy atom. The Labute approximate surface area is 148 Å². The predicted molar refractivity (Wildman–Crippen MR) is 97.2 cm³/mol. The molecule has 0 saturated heterocycles. The van der Waals surface area contributed by atoms with E-state index in [2.05, 4.69) is 5.32 Å². The molecule has 1 amide bonds. The van der Waals surface area contributed by atoms with Crippen LogP contribution in [0.4, 0.5) is 0 Å².